The molecule has 104 valence electrons. The van der Waals surface area contributed by atoms with Crippen molar-refractivity contribution in [3.8, 4) is 11.3 Å². The van der Waals surface area contributed by atoms with Gasteiger partial charge < -0.3 is 10.1 Å². The first-order chi connectivity index (χ1) is 9.74. The van der Waals surface area contributed by atoms with Crippen molar-refractivity contribution in [2.24, 2.45) is 0 Å². The number of methoxy groups -OCH3 is 1. The number of rotatable bonds is 5. The van der Waals surface area contributed by atoms with Crippen LogP contribution in [-0.2, 0) is 9.53 Å². The van der Waals surface area contributed by atoms with Gasteiger partial charge in [0.05, 0.1) is 12.8 Å². The molecule has 0 aliphatic carbocycles. The van der Waals surface area contributed by atoms with E-state index >= 15 is 0 Å². The van der Waals surface area contributed by atoms with Crippen molar-refractivity contribution in [2.45, 2.75) is 19.4 Å². The lowest BCUT2D eigenvalue weighted by molar-refractivity contribution is -0.141. The van der Waals surface area contributed by atoms with Crippen molar-refractivity contribution in [1.29, 1.82) is 0 Å². The molecule has 0 saturated carbocycles. The van der Waals surface area contributed by atoms with Gasteiger partial charge in [-0.25, -0.2) is 14.8 Å². The molecule has 0 amide bonds. The lowest BCUT2D eigenvalue weighted by Gasteiger charge is -2.14. The van der Waals surface area contributed by atoms with Gasteiger partial charge in [0.25, 0.3) is 0 Å². The largest absolute Gasteiger partial charge is 0.467 e. The molecule has 0 aromatic carbocycles. The molecule has 2 aromatic rings. The lowest BCUT2D eigenvalue weighted by Crippen LogP contribution is -2.30. The van der Waals surface area contributed by atoms with E-state index in [-0.39, 0.29) is 5.97 Å². The molecule has 6 heteroatoms. The third-order valence-corrected chi connectivity index (χ3v) is 2.81. The predicted octanol–water partition coefficient (Wildman–Crippen LogP) is 1.90. The Bertz CT molecular complexity index is 574. The topological polar surface area (TPSA) is 77.0 Å². The highest BCUT2D eigenvalue weighted by Gasteiger charge is 2.17. The molecule has 1 N–H and O–H groups in total. The summed E-state index contributed by atoms with van der Waals surface area (Å²) in [7, 11) is 1.36. The first-order valence-corrected chi connectivity index (χ1v) is 6.32. The van der Waals surface area contributed by atoms with E-state index in [9.17, 15) is 4.79 Å². The Morgan fingerprint density at radius 1 is 1.40 bits per heavy atom. The number of anilines is 1. The molecule has 0 bridgehead atoms. The van der Waals surface area contributed by atoms with Crippen molar-refractivity contribution in [2.75, 3.05) is 12.4 Å². The molecule has 20 heavy (non-hydrogen) atoms. The maximum Gasteiger partial charge on any atom is 0.328 e. The Morgan fingerprint density at radius 2 is 2.25 bits per heavy atom. The van der Waals surface area contributed by atoms with E-state index in [2.05, 4.69) is 20.3 Å². The van der Waals surface area contributed by atoms with Gasteiger partial charge in [-0.1, -0.05) is 6.92 Å². The molecule has 0 aliphatic heterocycles. The Labute approximate surface area is 117 Å². The SMILES string of the molecule is CC[C@@H](Nc1nccc(-c2cccnc2)n1)C(=O)OC. The standard InChI is InChI=1S/C14H16N4O2/c1-3-11(13(19)20-2)17-14-16-8-6-12(18-14)10-5-4-7-15-9-10/h4-9,11H,3H2,1-2H3,(H,16,17,18)/t11-/m1/s1. The molecule has 0 spiro atoms. The van der Waals surface area contributed by atoms with E-state index in [0.717, 1.165) is 11.3 Å². The number of esters is 1. The van der Waals surface area contributed by atoms with Gasteiger partial charge in [0, 0.05) is 24.2 Å². The van der Waals surface area contributed by atoms with Crippen LogP contribution in [0.25, 0.3) is 11.3 Å². The Balaban J connectivity index is 2.20. The van der Waals surface area contributed by atoms with Gasteiger partial charge in [-0.3, -0.25) is 4.98 Å². The van der Waals surface area contributed by atoms with Crippen LogP contribution in [0.5, 0.6) is 0 Å². The second-order valence-electron chi connectivity index (χ2n) is 4.14. The third-order valence-electron chi connectivity index (χ3n) is 2.81. The Morgan fingerprint density at radius 3 is 2.90 bits per heavy atom. The van der Waals surface area contributed by atoms with Crippen LogP contribution in [0.1, 0.15) is 13.3 Å². The van der Waals surface area contributed by atoms with Crippen LogP contribution in [0.2, 0.25) is 0 Å². The number of hydrogen-bond donors (Lipinski definition) is 1. The Kier molecular flexibility index (Phi) is 4.60. The minimum absolute atomic E-state index is 0.331. The average Bonchev–Trinajstić information content (AvgIpc) is 2.53. The summed E-state index contributed by atoms with van der Waals surface area (Å²) >= 11 is 0. The number of nitrogens with zero attached hydrogens (tertiary/aromatic N) is 3. The zero-order valence-corrected chi connectivity index (χ0v) is 11.4. The van der Waals surface area contributed by atoms with Crippen molar-refractivity contribution in [3.63, 3.8) is 0 Å². The first kappa shape index (κ1) is 13.9. The highest BCUT2D eigenvalue weighted by atomic mass is 16.5. The summed E-state index contributed by atoms with van der Waals surface area (Å²) < 4.78 is 4.72. The average molecular weight is 272 g/mol. The van der Waals surface area contributed by atoms with Gasteiger partial charge >= 0.3 is 5.97 Å². The summed E-state index contributed by atoms with van der Waals surface area (Å²) in [6, 6.07) is 5.09. The van der Waals surface area contributed by atoms with Crippen molar-refractivity contribution in [1.82, 2.24) is 15.0 Å². The fourth-order valence-corrected chi connectivity index (χ4v) is 1.73. The van der Waals surface area contributed by atoms with Gasteiger partial charge in [-0.15, -0.1) is 0 Å². The van der Waals surface area contributed by atoms with E-state index < -0.39 is 6.04 Å². The number of carbonyl (C=O) groups excluding carboxylic acids is 1. The van der Waals surface area contributed by atoms with Gasteiger partial charge in [0.15, 0.2) is 0 Å². The molecule has 0 aliphatic rings. The quantitative estimate of drug-likeness (QED) is 0.838. The van der Waals surface area contributed by atoms with E-state index in [4.69, 9.17) is 4.74 Å². The minimum Gasteiger partial charge on any atom is -0.467 e. The van der Waals surface area contributed by atoms with E-state index in [1.807, 2.05) is 19.1 Å². The number of nitrogens with one attached hydrogen (secondary N) is 1. The molecule has 0 unspecified atom stereocenters. The maximum atomic E-state index is 11.6. The molecule has 2 heterocycles. The molecule has 2 rings (SSSR count). The van der Waals surface area contributed by atoms with Crippen LogP contribution in [-0.4, -0.2) is 34.1 Å². The van der Waals surface area contributed by atoms with Crippen molar-refractivity contribution < 1.29 is 9.53 Å². The van der Waals surface area contributed by atoms with Crippen molar-refractivity contribution in [3.05, 3.63) is 36.8 Å². The summed E-state index contributed by atoms with van der Waals surface area (Å²) in [6.07, 6.45) is 5.66. The summed E-state index contributed by atoms with van der Waals surface area (Å²) in [5, 5.41) is 2.97. The summed E-state index contributed by atoms with van der Waals surface area (Å²) in [6.45, 7) is 1.89. The molecular formula is C14H16N4O2. The van der Waals surface area contributed by atoms with E-state index in [0.29, 0.717) is 12.4 Å². The number of ether oxygens (including phenoxy) is 1. The molecule has 0 fully saturated rings. The van der Waals surface area contributed by atoms with Gasteiger partial charge in [-0.05, 0) is 24.6 Å². The zero-order chi connectivity index (χ0) is 14.4. The van der Waals surface area contributed by atoms with Crippen LogP contribution in [0.3, 0.4) is 0 Å². The van der Waals surface area contributed by atoms with E-state index in [1.54, 1.807) is 24.7 Å². The van der Waals surface area contributed by atoms with Crippen LogP contribution in [0.4, 0.5) is 5.95 Å². The fourth-order valence-electron chi connectivity index (χ4n) is 1.73. The van der Waals surface area contributed by atoms with Crippen LogP contribution in [0.15, 0.2) is 36.8 Å². The highest BCUT2D eigenvalue weighted by Crippen LogP contribution is 2.16. The Hall–Kier alpha value is -2.50. The normalized spacial score (nSPS) is 11.7. The first-order valence-electron chi connectivity index (χ1n) is 6.32. The summed E-state index contributed by atoms with van der Waals surface area (Å²) in [4.78, 5) is 24.1. The second-order valence-corrected chi connectivity index (χ2v) is 4.14. The van der Waals surface area contributed by atoms with Crippen LogP contribution >= 0.6 is 0 Å². The predicted molar refractivity (Wildman–Crippen MR) is 75.0 cm³/mol. The van der Waals surface area contributed by atoms with Gasteiger partial charge in [-0.2, -0.15) is 0 Å². The maximum absolute atomic E-state index is 11.6. The molecule has 6 nitrogen and oxygen atoms in total. The highest BCUT2D eigenvalue weighted by molar-refractivity contribution is 5.78. The number of pyridine rings is 1. The second kappa shape index (κ2) is 6.60. The number of hydrogen-bond acceptors (Lipinski definition) is 6. The lowest BCUT2D eigenvalue weighted by atomic mass is 10.2. The molecule has 0 radical (unpaired) electrons. The smallest absolute Gasteiger partial charge is 0.328 e. The van der Waals surface area contributed by atoms with E-state index in [1.165, 1.54) is 7.11 Å². The number of aromatic nitrogens is 3. The summed E-state index contributed by atoms with van der Waals surface area (Å²) in [5.41, 5.74) is 1.64. The van der Waals surface area contributed by atoms with Crippen LogP contribution < -0.4 is 5.32 Å². The molecule has 2 aromatic heterocycles. The molecule has 0 saturated heterocycles. The molecular weight excluding hydrogens is 256 g/mol. The fraction of sp³-hybridized carbons (Fsp3) is 0.286. The summed E-state index contributed by atoms with van der Waals surface area (Å²) in [5.74, 6) is 0.0616. The molecule has 1 atom stereocenters. The number of carbonyl (C=O) groups is 1. The monoisotopic (exact) mass is 272 g/mol. The third kappa shape index (κ3) is 3.28. The van der Waals surface area contributed by atoms with Crippen molar-refractivity contribution >= 4 is 11.9 Å². The van der Waals surface area contributed by atoms with Crippen LogP contribution in [0, 0.1) is 0 Å². The van der Waals surface area contributed by atoms with Gasteiger partial charge in [0.2, 0.25) is 5.95 Å². The van der Waals surface area contributed by atoms with Gasteiger partial charge in [0.1, 0.15) is 6.04 Å². The zero-order valence-electron chi connectivity index (χ0n) is 11.4. The minimum atomic E-state index is -0.454.